The molecule has 1 saturated carbocycles. The van der Waals surface area contributed by atoms with Gasteiger partial charge in [-0.3, -0.25) is 4.79 Å². The fraction of sp³-hybridized carbons (Fsp3) is 0.333. The number of carbonyl (C=O) groups excluding carboxylic acids is 1. The Bertz CT molecular complexity index is 850. The number of carbonyl (C=O) groups is 1. The highest BCUT2D eigenvalue weighted by Gasteiger charge is 2.15. The van der Waals surface area contributed by atoms with Crippen molar-refractivity contribution in [2.45, 2.75) is 38.2 Å². The molecule has 8 heteroatoms. The third-order valence-corrected chi connectivity index (χ3v) is 4.50. The molecule has 2 heterocycles. The van der Waals surface area contributed by atoms with E-state index in [-0.39, 0.29) is 5.91 Å². The average Bonchev–Trinajstić information content (AvgIpc) is 3.36. The summed E-state index contributed by atoms with van der Waals surface area (Å²) in [6.45, 7) is 0. The number of anilines is 1. The van der Waals surface area contributed by atoms with Crippen LogP contribution in [0.2, 0.25) is 0 Å². The first kappa shape index (κ1) is 16.3. The number of tetrazole rings is 1. The molecule has 1 aromatic carbocycles. The van der Waals surface area contributed by atoms with E-state index < -0.39 is 0 Å². The molecule has 0 saturated heterocycles. The highest BCUT2D eigenvalue weighted by molar-refractivity contribution is 6.03. The lowest BCUT2D eigenvalue weighted by atomic mass is 9.98. The molecule has 0 radical (unpaired) electrons. The first-order valence-electron chi connectivity index (χ1n) is 8.78. The van der Waals surface area contributed by atoms with Crippen LogP contribution in [-0.4, -0.2) is 37.6 Å². The molecule has 0 atom stereocenters. The number of amides is 1. The maximum absolute atomic E-state index is 12.4. The van der Waals surface area contributed by atoms with Gasteiger partial charge < -0.3 is 15.0 Å². The van der Waals surface area contributed by atoms with E-state index in [4.69, 9.17) is 4.74 Å². The number of rotatable bonds is 5. The lowest BCUT2D eigenvalue weighted by molar-refractivity contribution is 0.102. The van der Waals surface area contributed by atoms with Crippen LogP contribution in [0, 0.1) is 0 Å². The standard InChI is InChI=1S/C18H20N6O2/c25-18(16-10-12(11-19-16)17-21-23-24-22-17)20-13-6-8-15(9-7-13)26-14-4-2-1-3-5-14/h6-11,14,19H,1-5H2,(H,20,25)(H,21,22,23,24). The van der Waals surface area contributed by atoms with Gasteiger partial charge in [-0.15, -0.1) is 10.2 Å². The maximum Gasteiger partial charge on any atom is 0.272 e. The van der Waals surface area contributed by atoms with E-state index in [0.29, 0.717) is 28.9 Å². The second kappa shape index (κ2) is 7.38. The van der Waals surface area contributed by atoms with Crippen molar-refractivity contribution >= 4 is 11.6 Å². The van der Waals surface area contributed by atoms with E-state index in [2.05, 4.69) is 30.9 Å². The highest BCUT2D eigenvalue weighted by atomic mass is 16.5. The molecule has 1 aliphatic carbocycles. The van der Waals surface area contributed by atoms with Crippen LogP contribution in [0.15, 0.2) is 36.5 Å². The number of nitrogens with one attached hydrogen (secondary N) is 3. The minimum absolute atomic E-state index is 0.235. The van der Waals surface area contributed by atoms with Gasteiger partial charge in [0.15, 0.2) is 0 Å². The predicted molar refractivity (Wildman–Crippen MR) is 95.9 cm³/mol. The SMILES string of the molecule is O=C(Nc1ccc(OC2CCCCC2)cc1)c1cc(-c2nn[nH]n2)c[nH]1. The number of nitrogens with zero attached hydrogens (tertiary/aromatic N) is 3. The van der Waals surface area contributed by atoms with Gasteiger partial charge in [-0.2, -0.15) is 5.21 Å². The summed E-state index contributed by atoms with van der Waals surface area (Å²) in [6.07, 6.45) is 7.99. The molecule has 0 aliphatic heterocycles. The number of benzene rings is 1. The van der Waals surface area contributed by atoms with Gasteiger partial charge in [0, 0.05) is 17.4 Å². The van der Waals surface area contributed by atoms with Crippen LogP contribution >= 0.6 is 0 Å². The molecule has 3 N–H and O–H groups in total. The van der Waals surface area contributed by atoms with Gasteiger partial charge in [-0.05, 0) is 61.2 Å². The second-order valence-electron chi connectivity index (χ2n) is 6.39. The molecule has 2 aromatic heterocycles. The van der Waals surface area contributed by atoms with Crippen LogP contribution in [0.1, 0.15) is 42.6 Å². The summed E-state index contributed by atoms with van der Waals surface area (Å²) < 4.78 is 6.00. The number of hydrogen-bond donors (Lipinski definition) is 3. The van der Waals surface area contributed by atoms with Crippen molar-refractivity contribution in [2.75, 3.05) is 5.32 Å². The first-order valence-corrected chi connectivity index (χ1v) is 8.78. The van der Waals surface area contributed by atoms with Crippen LogP contribution in [0.25, 0.3) is 11.4 Å². The predicted octanol–water partition coefficient (Wildman–Crippen LogP) is 3.16. The van der Waals surface area contributed by atoms with Gasteiger partial charge in [-0.1, -0.05) is 6.42 Å². The minimum atomic E-state index is -0.235. The Kier molecular flexibility index (Phi) is 4.63. The van der Waals surface area contributed by atoms with E-state index in [1.54, 1.807) is 12.3 Å². The Hall–Kier alpha value is -3.16. The molecule has 1 amide bonds. The van der Waals surface area contributed by atoms with Gasteiger partial charge in [0.25, 0.3) is 5.91 Å². The molecule has 1 aliphatic rings. The van der Waals surface area contributed by atoms with Gasteiger partial charge in [0.2, 0.25) is 5.82 Å². The van der Waals surface area contributed by atoms with Gasteiger partial charge in [-0.25, -0.2) is 0 Å². The lowest BCUT2D eigenvalue weighted by Gasteiger charge is -2.23. The number of H-pyrrole nitrogens is 2. The van der Waals surface area contributed by atoms with Crippen LogP contribution in [0.4, 0.5) is 5.69 Å². The zero-order valence-corrected chi connectivity index (χ0v) is 14.2. The molecule has 3 aromatic rings. The first-order chi connectivity index (χ1) is 12.8. The summed E-state index contributed by atoms with van der Waals surface area (Å²) in [5.41, 5.74) is 1.83. The Morgan fingerprint density at radius 1 is 1.15 bits per heavy atom. The number of aromatic nitrogens is 5. The Morgan fingerprint density at radius 2 is 1.96 bits per heavy atom. The molecule has 26 heavy (non-hydrogen) atoms. The van der Waals surface area contributed by atoms with Crippen molar-refractivity contribution in [1.82, 2.24) is 25.6 Å². The quantitative estimate of drug-likeness (QED) is 0.653. The minimum Gasteiger partial charge on any atom is -0.490 e. The zero-order chi connectivity index (χ0) is 17.8. The van der Waals surface area contributed by atoms with Crippen molar-refractivity contribution in [3.05, 3.63) is 42.2 Å². The molecule has 0 unspecified atom stereocenters. The van der Waals surface area contributed by atoms with Gasteiger partial charge in [0.1, 0.15) is 11.4 Å². The Labute approximate surface area is 150 Å². The van der Waals surface area contributed by atoms with Gasteiger partial charge >= 0.3 is 0 Å². The summed E-state index contributed by atoms with van der Waals surface area (Å²) in [5, 5.41) is 16.5. The van der Waals surface area contributed by atoms with E-state index in [1.165, 1.54) is 19.3 Å². The number of hydrogen-bond acceptors (Lipinski definition) is 5. The third kappa shape index (κ3) is 3.74. The normalized spacial score (nSPS) is 14.9. The molecular formula is C18H20N6O2. The fourth-order valence-corrected chi connectivity index (χ4v) is 3.13. The number of ether oxygens (including phenoxy) is 1. The molecule has 0 spiro atoms. The van der Waals surface area contributed by atoms with E-state index in [9.17, 15) is 4.79 Å². The number of aromatic amines is 2. The summed E-state index contributed by atoms with van der Waals surface area (Å²) in [4.78, 5) is 15.3. The molecule has 1 fully saturated rings. The van der Waals surface area contributed by atoms with Crippen molar-refractivity contribution < 1.29 is 9.53 Å². The molecule has 8 nitrogen and oxygen atoms in total. The van der Waals surface area contributed by atoms with Crippen LogP contribution in [-0.2, 0) is 0 Å². The lowest BCUT2D eigenvalue weighted by Crippen LogP contribution is -2.19. The summed E-state index contributed by atoms with van der Waals surface area (Å²) in [6, 6.07) is 9.16. The molecule has 134 valence electrons. The fourth-order valence-electron chi connectivity index (χ4n) is 3.13. The van der Waals surface area contributed by atoms with Gasteiger partial charge in [0.05, 0.1) is 6.10 Å². The van der Waals surface area contributed by atoms with Crippen LogP contribution < -0.4 is 10.1 Å². The van der Waals surface area contributed by atoms with Crippen molar-refractivity contribution in [1.29, 1.82) is 0 Å². The smallest absolute Gasteiger partial charge is 0.272 e. The largest absolute Gasteiger partial charge is 0.490 e. The third-order valence-electron chi connectivity index (χ3n) is 4.50. The topological polar surface area (TPSA) is 109 Å². The average molecular weight is 352 g/mol. The molecule has 4 rings (SSSR count). The zero-order valence-electron chi connectivity index (χ0n) is 14.2. The summed E-state index contributed by atoms with van der Waals surface area (Å²) >= 11 is 0. The van der Waals surface area contributed by atoms with E-state index in [1.807, 2.05) is 24.3 Å². The van der Waals surface area contributed by atoms with Crippen molar-refractivity contribution in [2.24, 2.45) is 0 Å². The molecular weight excluding hydrogens is 332 g/mol. The highest BCUT2D eigenvalue weighted by Crippen LogP contribution is 2.24. The summed E-state index contributed by atoms with van der Waals surface area (Å²) in [5.74, 6) is 1.04. The summed E-state index contributed by atoms with van der Waals surface area (Å²) in [7, 11) is 0. The van der Waals surface area contributed by atoms with E-state index >= 15 is 0 Å². The monoisotopic (exact) mass is 352 g/mol. The van der Waals surface area contributed by atoms with E-state index in [0.717, 1.165) is 18.6 Å². The Balaban J connectivity index is 1.37. The maximum atomic E-state index is 12.4. The Morgan fingerprint density at radius 3 is 2.69 bits per heavy atom. The van der Waals surface area contributed by atoms with Crippen molar-refractivity contribution in [3.63, 3.8) is 0 Å². The molecule has 0 bridgehead atoms. The van der Waals surface area contributed by atoms with Crippen LogP contribution in [0.3, 0.4) is 0 Å². The van der Waals surface area contributed by atoms with Crippen LogP contribution in [0.5, 0.6) is 5.75 Å². The second-order valence-corrected chi connectivity index (χ2v) is 6.39. The van der Waals surface area contributed by atoms with Crippen molar-refractivity contribution in [3.8, 4) is 17.1 Å².